The van der Waals surface area contributed by atoms with Crippen molar-refractivity contribution in [2.24, 2.45) is 0 Å². The summed E-state index contributed by atoms with van der Waals surface area (Å²) < 4.78 is 2.02. The number of fused-ring (bicyclic) bond motifs is 4. The standard InChI is InChI=1S/C25H21ClN6/c1-15-24-20-7-2-16(19-8-11-27-25-21(19)9-12-28-25)14-22(20)23(10-13-32(24)31-30-15)29-18-5-3-17(26)4-6-18/h2-9,11-12,14,23,29H,10,13H2,1H3,(H,27,28). The van der Waals surface area contributed by atoms with E-state index in [9.17, 15) is 0 Å². The van der Waals surface area contributed by atoms with Gasteiger partial charge in [0.15, 0.2) is 0 Å². The predicted molar refractivity (Wildman–Crippen MR) is 128 cm³/mol. The zero-order valence-electron chi connectivity index (χ0n) is 17.5. The number of aromatic nitrogens is 5. The summed E-state index contributed by atoms with van der Waals surface area (Å²) in [4.78, 5) is 7.65. The highest BCUT2D eigenvalue weighted by molar-refractivity contribution is 6.30. The fourth-order valence-electron chi connectivity index (χ4n) is 4.64. The first kappa shape index (κ1) is 19.1. The molecule has 4 heterocycles. The van der Waals surface area contributed by atoms with Gasteiger partial charge in [0.1, 0.15) is 5.65 Å². The van der Waals surface area contributed by atoms with Crippen molar-refractivity contribution in [3.05, 3.63) is 83.3 Å². The van der Waals surface area contributed by atoms with Gasteiger partial charge in [-0.1, -0.05) is 28.9 Å². The molecule has 1 atom stereocenters. The van der Waals surface area contributed by atoms with E-state index in [1.807, 2.05) is 48.3 Å². The molecule has 0 aliphatic carbocycles. The summed E-state index contributed by atoms with van der Waals surface area (Å²) in [6.45, 7) is 2.82. The number of hydrogen-bond acceptors (Lipinski definition) is 4. The zero-order chi connectivity index (χ0) is 21.7. The molecular formula is C25H21ClN6. The van der Waals surface area contributed by atoms with E-state index >= 15 is 0 Å². The van der Waals surface area contributed by atoms with Gasteiger partial charge in [0.05, 0.1) is 17.4 Å². The third kappa shape index (κ3) is 3.15. The van der Waals surface area contributed by atoms with Gasteiger partial charge in [-0.15, -0.1) is 5.10 Å². The Balaban J connectivity index is 1.51. The van der Waals surface area contributed by atoms with Gasteiger partial charge in [-0.25, -0.2) is 9.67 Å². The molecule has 0 spiro atoms. The summed E-state index contributed by atoms with van der Waals surface area (Å²) in [5.74, 6) is 0. The summed E-state index contributed by atoms with van der Waals surface area (Å²) in [7, 11) is 0. The monoisotopic (exact) mass is 440 g/mol. The van der Waals surface area contributed by atoms with Gasteiger partial charge in [0, 0.05) is 40.6 Å². The average Bonchev–Trinajstić information content (AvgIpc) is 3.40. The number of nitrogens with one attached hydrogen (secondary N) is 2. The Morgan fingerprint density at radius 1 is 1.06 bits per heavy atom. The molecule has 7 heteroatoms. The molecular weight excluding hydrogens is 420 g/mol. The number of H-pyrrole nitrogens is 1. The number of anilines is 1. The van der Waals surface area contributed by atoms with Gasteiger partial charge in [0.2, 0.25) is 0 Å². The van der Waals surface area contributed by atoms with E-state index in [-0.39, 0.29) is 6.04 Å². The molecule has 158 valence electrons. The van der Waals surface area contributed by atoms with Crippen molar-refractivity contribution in [3.8, 4) is 22.4 Å². The van der Waals surface area contributed by atoms with E-state index in [1.54, 1.807) is 0 Å². The van der Waals surface area contributed by atoms with Crippen LogP contribution in [0.15, 0.2) is 67.0 Å². The van der Waals surface area contributed by atoms with Crippen LogP contribution >= 0.6 is 11.6 Å². The molecule has 32 heavy (non-hydrogen) atoms. The van der Waals surface area contributed by atoms with Crippen molar-refractivity contribution in [1.82, 2.24) is 25.0 Å². The Morgan fingerprint density at radius 2 is 1.94 bits per heavy atom. The minimum Gasteiger partial charge on any atom is -0.378 e. The van der Waals surface area contributed by atoms with Crippen LogP contribution in [0.1, 0.15) is 23.7 Å². The highest BCUT2D eigenvalue weighted by Crippen LogP contribution is 2.40. The molecule has 1 aliphatic rings. The van der Waals surface area contributed by atoms with Crippen LogP contribution in [-0.2, 0) is 6.54 Å². The molecule has 3 aromatic heterocycles. The van der Waals surface area contributed by atoms with Crippen LogP contribution in [0.3, 0.4) is 0 Å². The third-order valence-electron chi connectivity index (χ3n) is 6.17. The topological polar surface area (TPSA) is 71.4 Å². The van der Waals surface area contributed by atoms with Crippen LogP contribution in [0, 0.1) is 6.92 Å². The van der Waals surface area contributed by atoms with E-state index in [2.05, 4.69) is 55.9 Å². The zero-order valence-corrected chi connectivity index (χ0v) is 18.3. The number of aromatic amines is 1. The highest BCUT2D eigenvalue weighted by Gasteiger charge is 2.26. The van der Waals surface area contributed by atoms with Crippen LogP contribution in [0.4, 0.5) is 5.69 Å². The largest absolute Gasteiger partial charge is 0.378 e. The molecule has 1 unspecified atom stereocenters. The summed E-state index contributed by atoms with van der Waals surface area (Å²) in [6, 6.07) is 18.8. The normalized spacial score (nSPS) is 15.2. The molecule has 6 nitrogen and oxygen atoms in total. The van der Waals surface area contributed by atoms with Crippen LogP contribution in [-0.4, -0.2) is 25.0 Å². The minimum atomic E-state index is 0.121. The molecule has 0 saturated carbocycles. The summed E-state index contributed by atoms with van der Waals surface area (Å²) >= 11 is 6.10. The second-order valence-electron chi connectivity index (χ2n) is 8.14. The molecule has 6 rings (SSSR count). The van der Waals surface area contributed by atoms with E-state index in [1.165, 1.54) is 11.1 Å². The number of aryl methyl sites for hydroxylation is 2. The quantitative estimate of drug-likeness (QED) is 0.360. The Hall–Kier alpha value is -3.64. The van der Waals surface area contributed by atoms with Gasteiger partial charge >= 0.3 is 0 Å². The van der Waals surface area contributed by atoms with E-state index in [0.29, 0.717) is 0 Å². The first-order valence-electron chi connectivity index (χ1n) is 10.7. The molecule has 1 aliphatic heterocycles. The molecule has 0 fully saturated rings. The van der Waals surface area contributed by atoms with Gasteiger partial charge < -0.3 is 10.3 Å². The maximum absolute atomic E-state index is 6.10. The van der Waals surface area contributed by atoms with Gasteiger partial charge in [0.25, 0.3) is 0 Å². The smallest absolute Gasteiger partial charge is 0.137 e. The lowest BCUT2D eigenvalue weighted by Gasteiger charge is -2.21. The number of nitrogens with zero attached hydrogens (tertiary/aromatic N) is 4. The van der Waals surface area contributed by atoms with E-state index in [0.717, 1.165) is 57.2 Å². The van der Waals surface area contributed by atoms with Crippen molar-refractivity contribution in [3.63, 3.8) is 0 Å². The fraction of sp³-hybridized carbons (Fsp3) is 0.160. The van der Waals surface area contributed by atoms with Crippen molar-refractivity contribution in [2.75, 3.05) is 5.32 Å². The highest BCUT2D eigenvalue weighted by atomic mass is 35.5. The van der Waals surface area contributed by atoms with Crippen LogP contribution in [0.2, 0.25) is 5.02 Å². The molecule has 2 N–H and O–H groups in total. The molecule has 5 aromatic rings. The van der Waals surface area contributed by atoms with Gasteiger partial charge in [-0.2, -0.15) is 0 Å². The van der Waals surface area contributed by atoms with Crippen molar-refractivity contribution >= 4 is 28.3 Å². The molecule has 0 radical (unpaired) electrons. The molecule has 2 aromatic carbocycles. The number of hydrogen-bond donors (Lipinski definition) is 2. The summed E-state index contributed by atoms with van der Waals surface area (Å²) in [5, 5.41) is 14.3. The third-order valence-corrected chi connectivity index (χ3v) is 6.42. The average molecular weight is 441 g/mol. The fourth-order valence-corrected chi connectivity index (χ4v) is 4.77. The van der Waals surface area contributed by atoms with Crippen LogP contribution in [0.25, 0.3) is 33.4 Å². The maximum atomic E-state index is 6.10. The molecule has 0 bridgehead atoms. The first-order valence-corrected chi connectivity index (χ1v) is 11.0. The van der Waals surface area contributed by atoms with Crippen LogP contribution in [0.5, 0.6) is 0 Å². The Morgan fingerprint density at radius 3 is 2.81 bits per heavy atom. The second-order valence-corrected chi connectivity index (χ2v) is 8.58. The van der Waals surface area contributed by atoms with Gasteiger partial charge in [-0.05, 0) is 72.5 Å². The van der Waals surface area contributed by atoms with Crippen molar-refractivity contribution in [2.45, 2.75) is 25.9 Å². The molecule has 0 amide bonds. The summed E-state index contributed by atoms with van der Waals surface area (Å²) in [6.07, 6.45) is 4.68. The molecule has 0 saturated heterocycles. The Kier molecular flexibility index (Phi) is 4.47. The Bertz CT molecular complexity index is 1430. The number of pyridine rings is 1. The minimum absolute atomic E-state index is 0.121. The number of halogens is 1. The lowest BCUT2D eigenvalue weighted by molar-refractivity contribution is 0.539. The van der Waals surface area contributed by atoms with Crippen LogP contribution < -0.4 is 5.32 Å². The van der Waals surface area contributed by atoms with Crippen molar-refractivity contribution in [1.29, 1.82) is 0 Å². The maximum Gasteiger partial charge on any atom is 0.137 e. The Labute approximate surface area is 190 Å². The van der Waals surface area contributed by atoms with Crippen molar-refractivity contribution < 1.29 is 0 Å². The van der Waals surface area contributed by atoms with E-state index in [4.69, 9.17) is 11.6 Å². The SMILES string of the molecule is Cc1nnn2c1-c1ccc(-c3ccnc4[nH]ccc34)cc1C(Nc1ccc(Cl)cc1)CC2. The van der Waals surface area contributed by atoms with Gasteiger partial charge in [-0.3, -0.25) is 0 Å². The summed E-state index contributed by atoms with van der Waals surface area (Å²) in [5.41, 5.74) is 8.71. The lowest BCUT2D eigenvalue weighted by Crippen LogP contribution is -2.12. The first-order chi connectivity index (χ1) is 15.7. The predicted octanol–water partition coefficient (Wildman–Crippen LogP) is 6.01. The second kappa shape index (κ2) is 7.50. The number of benzene rings is 2. The number of rotatable bonds is 3. The lowest BCUT2D eigenvalue weighted by atomic mass is 9.91. The van der Waals surface area contributed by atoms with E-state index < -0.39 is 0 Å².